The summed E-state index contributed by atoms with van der Waals surface area (Å²) in [6, 6.07) is 17.3. The van der Waals surface area contributed by atoms with Crippen LogP contribution in [-0.2, 0) is 11.2 Å². The quantitative estimate of drug-likeness (QED) is 0.504. The topological polar surface area (TPSA) is 72.7 Å². The molecule has 140 valence electrons. The molecule has 0 aliphatic carbocycles. The SMILES string of the molecule is O=C(CCc1cnn(-c2ccccc2)c1)Nc1nnc(-c2ccccc2Cl)s1. The highest BCUT2D eigenvalue weighted by molar-refractivity contribution is 7.18. The molecule has 4 rings (SSSR count). The van der Waals surface area contributed by atoms with E-state index in [-0.39, 0.29) is 5.91 Å². The predicted octanol–water partition coefficient (Wildman–Crippen LogP) is 4.62. The number of aryl methyl sites for hydroxylation is 1. The molecule has 0 atom stereocenters. The second-order valence-electron chi connectivity index (χ2n) is 6.07. The zero-order valence-electron chi connectivity index (χ0n) is 14.7. The first-order valence-corrected chi connectivity index (χ1v) is 9.86. The van der Waals surface area contributed by atoms with Crippen molar-refractivity contribution in [2.75, 3.05) is 5.32 Å². The lowest BCUT2D eigenvalue weighted by Crippen LogP contribution is -2.12. The normalized spacial score (nSPS) is 10.8. The number of carbonyl (C=O) groups excluding carboxylic acids is 1. The first kappa shape index (κ1) is 18.3. The lowest BCUT2D eigenvalue weighted by molar-refractivity contribution is -0.116. The van der Waals surface area contributed by atoms with E-state index in [1.54, 1.807) is 16.9 Å². The highest BCUT2D eigenvalue weighted by Gasteiger charge is 2.12. The number of halogens is 1. The summed E-state index contributed by atoms with van der Waals surface area (Å²) in [6.07, 6.45) is 4.64. The van der Waals surface area contributed by atoms with Crippen LogP contribution in [0.5, 0.6) is 0 Å². The fourth-order valence-corrected chi connectivity index (χ4v) is 3.75. The van der Waals surface area contributed by atoms with Gasteiger partial charge in [-0.25, -0.2) is 4.68 Å². The zero-order chi connectivity index (χ0) is 19.3. The molecule has 1 amide bonds. The van der Waals surface area contributed by atoms with Gasteiger partial charge in [0.25, 0.3) is 0 Å². The first-order chi connectivity index (χ1) is 13.7. The van der Waals surface area contributed by atoms with Gasteiger partial charge in [-0.1, -0.05) is 59.3 Å². The molecule has 0 spiro atoms. The van der Waals surface area contributed by atoms with E-state index >= 15 is 0 Å². The van der Waals surface area contributed by atoms with Crippen molar-refractivity contribution in [1.29, 1.82) is 0 Å². The molecule has 0 saturated heterocycles. The number of hydrogen-bond donors (Lipinski definition) is 1. The lowest BCUT2D eigenvalue weighted by atomic mass is 10.2. The van der Waals surface area contributed by atoms with Gasteiger partial charge in [-0.2, -0.15) is 5.10 Å². The Morgan fingerprint density at radius 1 is 1.07 bits per heavy atom. The smallest absolute Gasteiger partial charge is 0.226 e. The first-order valence-electron chi connectivity index (χ1n) is 8.66. The third kappa shape index (κ3) is 4.27. The summed E-state index contributed by atoms with van der Waals surface area (Å²) in [6.45, 7) is 0. The number of hydrogen-bond acceptors (Lipinski definition) is 5. The maximum atomic E-state index is 12.2. The molecule has 28 heavy (non-hydrogen) atoms. The molecule has 0 aliphatic heterocycles. The van der Waals surface area contributed by atoms with Gasteiger partial charge in [0.15, 0.2) is 5.01 Å². The molecule has 2 aromatic carbocycles. The molecule has 0 radical (unpaired) electrons. The highest BCUT2D eigenvalue weighted by atomic mass is 35.5. The molecular formula is C20H16ClN5OS. The lowest BCUT2D eigenvalue weighted by Gasteiger charge is -2.00. The summed E-state index contributed by atoms with van der Waals surface area (Å²) in [5.41, 5.74) is 2.78. The van der Waals surface area contributed by atoms with Gasteiger partial charge in [0.05, 0.1) is 16.9 Å². The van der Waals surface area contributed by atoms with Crippen LogP contribution in [0.4, 0.5) is 5.13 Å². The molecule has 0 fully saturated rings. The Morgan fingerprint density at radius 2 is 1.86 bits per heavy atom. The van der Waals surface area contributed by atoms with Crippen molar-refractivity contribution in [1.82, 2.24) is 20.0 Å². The molecular weight excluding hydrogens is 394 g/mol. The van der Waals surface area contributed by atoms with E-state index in [0.29, 0.717) is 28.0 Å². The van der Waals surface area contributed by atoms with Crippen molar-refractivity contribution < 1.29 is 4.79 Å². The van der Waals surface area contributed by atoms with E-state index in [1.165, 1.54) is 11.3 Å². The minimum Gasteiger partial charge on any atom is -0.301 e. The van der Waals surface area contributed by atoms with Crippen molar-refractivity contribution in [3.63, 3.8) is 0 Å². The number of nitrogens with zero attached hydrogens (tertiary/aromatic N) is 4. The van der Waals surface area contributed by atoms with Gasteiger partial charge in [0.1, 0.15) is 0 Å². The van der Waals surface area contributed by atoms with E-state index in [9.17, 15) is 4.79 Å². The third-order valence-electron chi connectivity index (χ3n) is 4.07. The Hall–Kier alpha value is -3.03. The molecule has 4 aromatic rings. The van der Waals surface area contributed by atoms with Crippen LogP contribution in [-0.4, -0.2) is 25.9 Å². The maximum Gasteiger partial charge on any atom is 0.226 e. The number of carbonyl (C=O) groups is 1. The fourth-order valence-electron chi connectivity index (χ4n) is 2.67. The van der Waals surface area contributed by atoms with E-state index < -0.39 is 0 Å². The number of benzene rings is 2. The van der Waals surface area contributed by atoms with Crippen molar-refractivity contribution in [2.45, 2.75) is 12.8 Å². The van der Waals surface area contributed by atoms with Crippen LogP contribution in [0.2, 0.25) is 5.02 Å². The molecule has 6 nitrogen and oxygen atoms in total. The van der Waals surface area contributed by atoms with Crippen LogP contribution in [0.15, 0.2) is 67.0 Å². The molecule has 0 unspecified atom stereocenters. The summed E-state index contributed by atoms with van der Waals surface area (Å²) in [7, 11) is 0. The minimum absolute atomic E-state index is 0.116. The van der Waals surface area contributed by atoms with Gasteiger partial charge in [0, 0.05) is 18.2 Å². The van der Waals surface area contributed by atoms with Gasteiger partial charge in [-0.05, 0) is 30.2 Å². The van der Waals surface area contributed by atoms with Gasteiger partial charge in [-0.3, -0.25) is 4.79 Å². The van der Waals surface area contributed by atoms with Crippen molar-refractivity contribution in [3.05, 3.63) is 77.6 Å². The predicted molar refractivity (Wildman–Crippen MR) is 111 cm³/mol. The van der Waals surface area contributed by atoms with Crippen LogP contribution in [0.1, 0.15) is 12.0 Å². The number of para-hydroxylation sites is 1. The highest BCUT2D eigenvalue weighted by Crippen LogP contribution is 2.31. The Balaban J connectivity index is 1.34. The second-order valence-corrected chi connectivity index (χ2v) is 7.45. The third-order valence-corrected chi connectivity index (χ3v) is 5.27. The summed E-state index contributed by atoms with van der Waals surface area (Å²) < 4.78 is 1.80. The molecule has 0 saturated carbocycles. The van der Waals surface area contributed by atoms with Crippen LogP contribution in [0.3, 0.4) is 0 Å². The Morgan fingerprint density at radius 3 is 2.68 bits per heavy atom. The Labute approximate surface area is 170 Å². The molecule has 0 bridgehead atoms. The number of nitrogens with one attached hydrogen (secondary N) is 1. The molecule has 2 aromatic heterocycles. The van der Waals surface area contributed by atoms with E-state index in [4.69, 9.17) is 11.6 Å². The number of aromatic nitrogens is 4. The van der Waals surface area contributed by atoms with Crippen molar-refractivity contribution in [2.24, 2.45) is 0 Å². The Bertz CT molecular complexity index is 1090. The van der Waals surface area contributed by atoms with E-state index in [1.807, 2.05) is 54.7 Å². The fraction of sp³-hybridized carbons (Fsp3) is 0.100. The number of rotatable bonds is 6. The minimum atomic E-state index is -0.116. The summed E-state index contributed by atoms with van der Waals surface area (Å²) in [5, 5.41) is 17.0. The van der Waals surface area contributed by atoms with Crippen LogP contribution in [0.25, 0.3) is 16.3 Å². The van der Waals surface area contributed by atoms with Crippen LogP contribution < -0.4 is 5.32 Å². The second kappa shape index (κ2) is 8.33. The number of anilines is 1. The molecule has 0 aliphatic rings. The number of amides is 1. The molecule has 8 heteroatoms. The Kier molecular flexibility index (Phi) is 5.45. The van der Waals surface area contributed by atoms with Crippen LogP contribution >= 0.6 is 22.9 Å². The van der Waals surface area contributed by atoms with Crippen LogP contribution in [0, 0.1) is 0 Å². The van der Waals surface area contributed by atoms with E-state index in [2.05, 4.69) is 20.6 Å². The van der Waals surface area contributed by atoms with Crippen molar-refractivity contribution >= 4 is 34.0 Å². The molecule has 2 heterocycles. The average molecular weight is 410 g/mol. The molecule has 1 N–H and O–H groups in total. The van der Waals surface area contributed by atoms with Gasteiger partial charge in [0.2, 0.25) is 11.0 Å². The largest absolute Gasteiger partial charge is 0.301 e. The summed E-state index contributed by atoms with van der Waals surface area (Å²) in [5.74, 6) is -0.116. The zero-order valence-corrected chi connectivity index (χ0v) is 16.3. The maximum absolute atomic E-state index is 12.2. The van der Waals surface area contributed by atoms with E-state index in [0.717, 1.165) is 16.8 Å². The monoisotopic (exact) mass is 409 g/mol. The van der Waals surface area contributed by atoms with Gasteiger partial charge in [-0.15, -0.1) is 10.2 Å². The van der Waals surface area contributed by atoms with Gasteiger partial charge < -0.3 is 5.32 Å². The standard InChI is InChI=1S/C20H16ClN5OS/c21-17-9-5-4-8-16(17)19-24-25-20(28-19)23-18(27)11-10-14-12-22-26(13-14)15-6-2-1-3-7-15/h1-9,12-13H,10-11H2,(H,23,25,27). The summed E-state index contributed by atoms with van der Waals surface area (Å²) >= 11 is 7.48. The van der Waals surface area contributed by atoms with Crippen molar-refractivity contribution in [3.8, 4) is 16.3 Å². The average Bonchev–Trinajstić information content (AvgIpc) is 3.37. The van der Waals surface area contributed by atoms with Gasteiger partial charge >= 0.3 is 0 Å². The summed E-state index contributed by atoms with van der Waals surface area (Å²) in [4.78, 5) is 12.2.